The number of fused-ring (bicyclic) bond motifs is 5. The molecule has 4 aliphatic rings. The van der Waals surface area contributed by atoms with Gasteiger partial charge < -0.3 is 19.7 Å². The number of sulfonamides is 1. The lowest BCUT2D eigenvalue weighted by Gasteiger charge is -2.29. The molecule has 1 saturated heterocycles. The van der Waals surface area contributed by atoms with Crippen molar-refractivity contribution in [3.63, 3.8) is 0 Å². The molecule has 5 atom stereocenters. The summed E-state index contributed by atoms with van der Waals surface area (Å²) < 4.78 is 77.7. The molecule has 2 N–H and O–H groups in total. The van der Waals surface area contributed by atoms with Crippen molar-refractivity contribution in [3.05, 3.63) is 71.2 Å². The Morgan fingerprint density at radius 1 is 1.03 bits per heavy atom. The molecule has 3 fully saturated rings. The number of ketones is 1. The number of ether oxygens (including phenoxy) is 2. The third kappa shape index (κ3) is 8.38. The molecule has 2 aromatic heterocycles. The molecule has 0 radical (unpaired) electrons. The molecular formula is C41H42F3N5O8S2. The smallest absolute Gasteiger partial charge is 0.472 e. The van der Waals surface area contributed by atoms with Gasteiger partial charge in [0, 0.05) is 29.7 Å². The molecule has 3 amide bonds. The number of alkyl halides is 3. The molecule has 18 heteroatoms. The summed E-state index contributed by atoms with van der Waals surface area (Å²) >= 11 is 1.11. The van der Waals surface area contributed by atoms with Gasteiger partial charge in [-0.25, -0.2) is 13.4 Å². The minimum Gasteiger partial charge on any atom is -0.472 e. The van der Waals surface area contributed by atoms with Gasteiger partial charge in [0.2, 0.25) is 27.7 Å². The number of rotatable bonds is 8. The van der Waals surface area contributed by atoms with Crippen LogP contribution in [0.1, 0.15) is 80.8 Å². The minimum atomic E-state index is -4.93. The predicted octanol–water partition coefficient (Wildman–Crippen LogP) is 6.37. The van der Waals surface area contributed by atoms with Gasteiger partial charge in [0.1, 0.15) is 22.8 Å². The molecule has 8 rings (SSSR count). The van der Waals surface area contributed by atoms with E-state index in [0.29, 0.717) is 46.7 Å². The second-order valence-corrected chi connectivity index (χ2v) is 19.2. The van der Waals surface area contributed by atoms with Crippen LogP contribution in [-0.2, 0) is 24.4 Å². The van der Waals surface area contributed by atoms with E-state index in [1.165, 1.54) is 28.7 Å². The number of halogens is 3. The van der Waals surface area contributed by atoms with Crippen molar-refractivity contribution >= 4 is 66.5 Å². The molecule has 4 heterocycles. The van der Waals surface area contributed by atoms with E-state index in [0.717, 1.165) is 30.2 Å². The molecule has 59 heavy (non-hydrogen) atoms. The number of hydrogen-bond acceptors (Lipinski definition) is 11. The highest BCUT2D eigenvalue weighted by Gasteiger charge is 2.62. The first-order valence-corrected chi connectivity index (χ1v) is 21.9. The Labute approximate surface area is 341 Å². The van der Waals surface area contributed by atoms with Gasteiger partial charge in [0.25, 0.3) is 5.91 Å². The number of carbonyl (C=O) groups is 4. The van der Waals surface area contributed by atoms with Crippen LogP contribution in [0.5, 0.6) is 11.6 Å². The fourth-order valence-electron chi connectivity index (χ4n) is 8.20. The molecule has 2 aliphatic carbocycles. The molecule has 0 bridgehead atoms. The van der Waals surface area contributed by atoms with E-state index in [4.69, 9.17) is 4.74 Å². The standard InChI is InChI=1S/C41H42F3N5O8S2/c1-39(15-16-39)59(54,55)48-38(53)40-19-24(40)9-5-3-2-4-6-12-30(46-35(51)34-21-45-23-58-34)37(52)49-22-26(18-32(49)33(50)20-40)56-36-29-11-8-7-10-27(29)28-14-13-25(17-31(28)47-36)57-41(42,43)44/h5,7-11,13-14,17,21,23-24,26,30,32H,2-4,6,12,15-16,18-20,22H2,1H3,(H,46,51)(H,48,53)/b9-5-/t24-,26-,30+,32+,40-/m1/s1. The summed E-state index contributed by atoms with van der Waals surface area (Å²) in [6.45, 7) is 1.45. The first kappa shape index (κ1) is 40.7. The molecule has 0 spiro atoms. The van der Waals surface area contributed by atoms with Crippen molar-refractivity contribution < 1.29 is 50.2 Å². The average Bonchev–Trinajstić information content (AvgIpc) is 3.93. The molecule has 2 aromatic carbocycles. The van der Waals surface area contributed by atoms with Crippen LogP contribution >= 0.6 is 11.3 Å². The zero-order valence-electron chi connectivity index (χ0n) is 32.0. The number of hydrogen-bond donors (Lipinski definition) is 2. The van der Waals surface area contributed by atoms with Gasteiger partial charge in [-0.3, -0.25) is 28.9 Å². The van der Waals surface area contributed by atoms with Crippen molar-refractivity contribution in [2.75, 3.05) is 6.54 Å². The van der Waals surface area contributed by atoms with E-state index in [1.807, 2.05) is 12.2 Å². The lowest BCUT2D eigenvalue weighted by molar-refractivity contribution is -0.274. The summed E-state index contributed by atoms with van der Waals surface area (Å²) in [5.41, 5.74) is 0.299. The number of Topliss-reactive ketones (excluding diaryl/α,β-unsaturated/α-hetero) is 1. The van der Waals surface area contributed by atoms with Gasteiger partial charge in [-0.1, -0.05) is 43.2 Å². The second-order valence-electron chi connectivity index (χ2n) is 16.1. The number of amides is 3. The molecular weight excluding hydrogens is 812 g/mol. The third-order valence-corrected chi connectivity index (χ3v) is 14.9. The maximum Gasteiger partial charge on any atom is 0.573 e. The van der Waals surface area contributed by atoms with E-state index in [9.17, 15) is 40.8 Å². The summed E-state index contributed by atoms with van der Waals surface area (Å²) in [6.07, 6.45) is 3.13. The Balaban J connectivity index is 1.13. The molecule has 4 aromatic rings. The van der Waals surface area contributed by atoms with Crippen molar-refractivity contribution in [3.8, 4) is 11.6 Å². The quantitative estimate of drug-likeness (QED) is 0.150. The maximum atomic E-state index is 14.7. The number of carbonyl (C=O) groups excluding carboxylic acids is 4. The van der Waals surface area contributed by atoms with Crippen molar-refractivity contribution in [1.82, 2.24) is 24.9 Å². The van der Waals surface area contributed by atoms with E-state index in [2.05, 4.69) is 24.7 Å². The number of nitrogens with zero attached hydrogens (tertiary/aromatic N) is 3. The molecule has 13 nitrogen and oxygen atoms in total. The fourth-order valence-corrected chi connectivity index (χ4v) is 10.1. The molecule has 2 saturated carbocycles. The maximum absolute atomic E-state index is 14.7. The highest BCUT2D eigenvalue weighted by molar-refractivity contribution is 7.91. The monoisotopic (exact) mass is 853 g/mol. The SMILES string of the molecule is CC1(S(=O)(=O)NC(=O)[C@]23CC(=O)[C@@H]4C[C@@H](Oc5nc6cc(OC(F)(F)F)ccc6c6ccccc56)CN4C(=O)[C@@H](NC(=O)c4cncs4)CCCCC/C=C\[C@@H]2C3)CC1. The van der Waals surface area contributed by atoms with Crippen LogP contribution in [0, 0.1) is 11.3 Å². The number of benzene rings is 2. The second kappa shape index (κ2) is 15.5. The molecule has 0 unspecified atom stereocenters. The summed E-state index contributed by atoms with van der Waals surface area (Å²) in [6, 6.07) is 8.69. The van der Waals surface area contributed by atoms with Crippen LogP contribution in [0.3, 0.4) is 0 Å². The topological polar surface area (TPSA) is 174 Å². The Hall–Kier alpha value is -5.10. The van der Waals surface area contributed by atoms with Gasteiger partial charge in [-0.05, 0) is 75.0 Å². The highest BCUT2D eigenvalue weighted by atomic mass is 32.2. The van der Waals surface area contributed by atoms with Crippen molar-refractivity contribution in [2.45, 2.75) is 100 Å². The highest BCUT2D eigenvalue weighted by Crippen LogP contribution is 2.57. The van der Waals surface area contributed by atoms with Crippen LogP contribution in [0.2, 0.25) is 0 Å². The molecule has 312 valence electrons. The van der Waals surface area contributed by atoms with Gasteiger partial charge in [-0.15, -0.1) is 24.5 Å². The Bertz CT molecular complexity index is 2460. The van der Waals surface area contributed by atoms with Crippen LogP contribution in [0.25, 0.3) is 21.7 Å². The minimum absolute atomic E-state index is 0.0417. The van der Waals surface area contributed by atoms with E-state index < -0.39 is 79.9 Å². The number of thiazole rings is 1. The van der Waals surface area contributed by atoms with Crippen molar-refractivity contribution in [2.24, 2.45) is 11.3 Å². The normalized spacial score (nSPS) is 26.5. The van der Waals surface area contributed by atoms with E-state index in [-0.39, 0.29) is 43.6 Å². The summed E-state index contributed by atoms with van der Waals surface area (Å²) in [5, 5.41) is 4.56. The van der Waals surface area contributed by atoms with Crippen molar-refractivity contribution in [1.29, 1.82) is 0 Å². The Kier molecular flexibility index (Phi) is 10.7. The van der Waals surface area contributed by atoms with E-state index in [1.54, 1.807) is 31.2 Å². The lowest BCUT2D eigenvalue weighted by atomic mass is 9.91. The largest absolute Gasteiger partial charge is 0.573 e. The van der Waals surface area contributed by atoms with Gasteiger partial charge in [0.15, 0.2) is 5.78 Å². The van der Waals surface area contributed by atoms with Gasteiger partial charge >= 0.3 is 6.36 Å². The zero-order chi connectivity index (χ0) is 41.7. The summed E-state index contributed by atoms with van der Waals surface area (Å²) in [7, 11) is -4.02. The Morgan fingerprint density at radius 2 is 1.81 bits per heavy atom. The number of nitrogens with one attached hydrogen (secondary N) is 2. The van der Waals surface area contributed by atoms with Crippen LogP contribution < -0.4 is 19.5 Å². The summed E-state index contributed by atoms with van der Waals surface area (Å²) in [5.74, 6) is -3.07. The third-order valence-electron chi connectivity index (χ3n) is 12.0. The zero-order valence-corrected chi connectivity index (χ0v) is 33.6. The van der Waals surface area contributed by atoms with Crippen LogP contribution in [0.15, 0.2) is 66.3 Å². The number of allylic oxidation sites excluding steroid dienone is 2. The number of pyridine rings is 1. The summed E-state index contributed by atoms with van der Waals surface area (Å²) in [4.78, 5) is 66.8. The first-order chi connectivity index (χ1) is 28.1. The van der Waals surface area contributed by atoms with Crippen LogP contribution in [0.4, 0.5) is 13.2 Å². The van der Waals surface area contributed by atoms with E-state index >= 15 is 0 Å². The van der Waals surface area contributed by atoms with Crippen LogP contribution in [-0.4, -0.2) is 82.6 Å². The fraction of sp³-hybridized carbons (Fsp3) is 0.463. The average molecular weight is 854 g/mol. The predicted molar refractivity (Wildman–Crippen MR) is 211 cm³/mol. The molecule has 2 aliphatic heterocycles. The lowest BCUT2D eigenvalue weighted by Crippen LogP contribution is -2.52. The Morgan fingerprint density at radius 3 is 2.54 bits per heavy atom. The van der Waals surface area contributed by atoms with Gasteiger partial charge in [-0.2, -0.15) is 0 Å². The first-order valence-electron chi connectivity index (χ1n) is 19.6. The van der Waals surface area contributed by atoms with Gasteiger partial charge in [0.05, 0.1) is 40.0 Å². The number of aromatic nitrogens is 2.